The SMILES string of the molecule is CCCNCc1ccc(Br)cc1N1CCCN(C)C(=O)C1. The molecule has 1 N–H and O–H groups in total. The molecule has 0 unspecified atom stereocenters. The number of amides is 1. The molecule has 1 heterocycles. The molecule has 0 aliphatic carbocycles. The molecule has 0 bridgehead atoms. The summed E-state index contributed by atoms with van der Waals surface area (Å²) in [4.78, 5) is 16.1. The fourth-order valence-corrected chi connectivity index (χ4v) is 2.92. The number of nitrogens with zero attached hydrogens (tertiary/aromatic N) is 2. The molecule has 1 aromatic carbocycles. The van der Waals surface area contributed by atoms with Crippen molar-refractivity contribution in [1.29, 1.82) is 0 Å². The average molecular weight is 354 g/mol. The maximum absolute atomic E-state index is 12.1. The van der Waals surface area contributed by atoms with Gasteiger partial charge in [0.05, 0.1) is 6.54 Å². The van der Waals surface area contributed by atoms with Crippen molar-refractivity contribution in [2.24, 2.45) is 0 Å². The van der Waals surface area contributed by atoms with Crippen LogP contribution in [-0.4, -0.2) is 44.0 Å². The van der Waals surface area contributed by atoms with Crippen LogP contribution in [0.3, 0.4) is 0 Å². The molecule has 0 aromatic heterocycles. The van der Waals surface area contributed by atoms with Crippen molar-refractivity contribution in [3.8, 4) is 0 Å². The number of hydrogen-bond acceptors (Lipinski definition) is 3. The van der Waals surface area contributed by atoms with E-state index in [9.17, 15) is 4.79 Å². The van der Waals surface area contributed by atoms with Crippen LogP contribution in [0.4, 0.5) is 5.69 Å². The molecule has 0 saturated carbocycles. The number of hydrogen-bond donors (Lipinski definition) is 1. The molecule has 1 saturated heterocycles. The lowest BCUT2D eigenvalue weighted by Crippen LogP contribution is -2.35. The first-order valence-electron chi connectivity index (χ1n) is 7.60. The third-order valence-electron chi connectivity index (χ3n) is 3.80. The van der Waals surface area contributed by atoms with Gasteiger partial charge in [-0.05, 0) is 37.1 Å². The van der Waals surface area contributed by atoms with Gasteiger partial charge in [0.15, 0.2) is 0 Å². The van der Waals surface area contributed by atoms with E-state index in [-0.39, 0.29) is 5.91 Å². The summed E-state index contributed by atoms with van der Waals surface area (Å²) in [7, 11) is 1.89. The lowest BCUT2D eigenvalue weighted by molar-refractivity contribution is -0.127. The van der Waals surface area contributed by atoms with Crippen LogP contribution in [0, 0.1) is 0 Å². The molecule has 2 rings (SSSR count). The Kier molecular flexibility index (Phi) is 6.06. The summed E-state index contributed by atoms with van der Waals surface area (Å²) in [6.45, 7) is 6.25. The van der Waals surface area contributed by atoms with E-state index in [1.54, 1.807) is 0 Å². The molecule has 1 amide bonds. The number of carbonyl (C=O) groups excluding carboxylic acids is 1. The fourth-order valence-electron chi connectivity index (χ4n) is 2.57. The van der Waals surface area contributed by atoms with Gasteiger partial charge in [-0.1, -0.05) is 28.9 Å². The van der Waals surface area contributed by atoms with Crippen molar-refractivity contribution in [3.63, 3.8) is 0 Å². The van der Waals surface area contributed by atoms with Gasteiger partial charge in [-0.3, -0.25) is 4.79 Å². The van der Waals surface area contributed by atoms with Crippen molar-refractivity contribution in [2.75, 3.05) is 38.1 Å². The summed E-state index contributed by atoms with van der Waals surface area (Å²) < 4.78 is 1.06. The second-order valence-electron chi connectivity index (χ2n) is 5.54. The number of nitrogens with one attached hydrogen (secondary N) is 1. The first kappa shape index (κ1) is 16.3. The van der Waals surface area contributed by atoms with E-state index in [1.807, 2.05) is 11.9 Å². The summed E-state index contributed by atoms with van der Waals surface area (Å²) in [5.41, 5.74) is 2.42. The minimum absolute atomic E-state index is 0.194. The minimum Gasteiger partial charge on any atom is -0.362 e. The van der Waals surface area contributed by atoms with Crippen LogP contribution in [0.15, 0.2) is 22.7 Å². The summed E-state index contributed by atoms with van der Waals surface area (Å²) in [5, 5.41) is 3.45. The van der Waals surface area contributed by atoms with Crippen molar-refractivity contribution < 1.29 is 4.79 Å². The Morgan fingerprint density at radius 2 is 2.14 bits per heavy atom. The lowest BCUT2D eigenvalue weighted by Gasteiger charge is -2.25. The van der Waals surface area contributed by atoms with Crippen molar-refractivity contribution >= 4 is 27.5 Å². The third-order valence-corrected chi connectivity index (χ3v) is 4.30. The topological polar surface area (TPSA) is 35.6 Å². The highest BCUT2D eigenvalue weighted by Gasteiger charge is 2.21. The van der Waals surface area contributed by atoms with Crippen molar-refractivity contribution in [1.82, 2.24) is 10.2 Å². The first-order valence-corrected chi connectivity index (χ1v) is 8.39. The van der Waals surface area contributed by atoms with Crippen molar-refractivity contribution in [3.05, 3.63) is 28.2 Å². The highest BCUT2D eigenvalue weighted by molar-refractivity contribution is 9.10. The Morgan fingerprint density at radius 1 is 1.33 bits per heavy atom. The van der Waals surface area contributed by atoms with E-state index in [2.05, 4.69) is 51.3 Å². The van der Waals surface area contributed by atoms with Gasteiger partial charge >= 0.3 is 0 Å². The fraction of sp³-hybridized carbons (Fsp3) is 0.562. The summed E-state index contributed by atoms with van der Waals surface area (Å²) in [6.07, 6.45) is 2.13. The Morgan fingerprint density at radius 3 is 2.90 bits per heavy atom. The molecule has 5 heteroatoms. The van der Waals surface area contributed by atoms with E-state index < -0.39 is 0 Å². The quantitative estimate of drug-likeness (QED) is 0.826. The Bertz CT molecular complexity index is 492. The van der Waals surface area contributed by atoms with Gasteiger partial charge in [0.25, 0.3) is 0 Å². The Hall–Kier alpha value is -1.07. The highest BCUT2D eigenvalue weighted by Crippen LogP contribution is 2.26. The van der Waals surface area contributed by atoms with E-state index in [0.29, 0.717) is 6.54 Å². The van der Waals surface area contributed by atoms with E-state index in [0.717, 1.165) is 49.2 Å². The molecule has 116 valence electrons. The Labute approximate surface area is 135 Å². The van der Waals surface area contributed by atoms with Gasteiger partial charge in [-0.15, -0.1) is 0 Å². The minimum atomic E-state index is 0.194. The zero-order valence-corrected chi connectivity index (χ0v) is 14.4. The number of likely N-dealkylation sites (N-methyl/N-ethyl adjacent to an activating group) is 1. The number of halogens is 1. The van der Waals surface area contributed by atoms with Gasteiger partial charge in [-0.2, -0.15) is 0 Å². The molecule has 1 fully saturated rings. The summed E-state index contributed by atoms with van der Waals surface area (Å²) in [5.74, 6) is 0.194. The molecule has 0 spiro atoms. The number of anilines is 1. The molecule has 1 aliphatic heterocycles. The van der Waals surface area contributed by atoms with Crippen LogP contribution in [0.2, 0.25) is 0 Å². The normalized spacial score (nSPS) is 16.2. The zero-order valence-electron chi connectivity index (χ0n) is 12.9. The number of benzene rings is 1. The molecular weight excluding hydrogens is 330 g/mol. The van der Waals surface area contributed by atoms with Gasteiger partial charge in [0, 0.05) is 36.8 Å². The molecule has 0 atom stereocenters. The van der Waals surface area contributed by atoms with Crippen LogP contribution in [-0.2, 0) is 11.3 Å². The lowest BCUT2D eigenvalue weighted by atomic mass is 10.1. The van der Waals surface area contributed by atoms with E-state index in [1.165, 1.54) is 5.56 Å². The largest absolute Gasteiger partial charge is 0.362 e. The van der Waals surface area contributed by atoms with Gasteiger partial charge in [-0.25, -0.2) is 0 Å². The maximum Gasteiger partial charge on any atom is 0.241 e. The summed E-state index contributed by atoms with van der Waals surface area (Å²) in [6, 6.07) is 6.33. The monoisotopic (exact) mass is 353 g/mol. The van der Waals surface area contributed by atoms with Crippen molar-refractivity contribution in [2.45, 2.75) is 26.3 Å². The number of rotatable bonds is 5. The zero-order chi connectivity index (χ0) is 15.2. The maximum atomic E-state index is 12.1. The third kappa shape index (κ3) is 4.45. The van der Waals surface area contributed by atoms with Gasteiger partial charge in [0.2, 0.25) is 5.91 Å². The summed E-state index contributed by atoms with van der Waals surface area (Å²) >= 11 is 3.55. The predicted octanol–water partition coefficient (Wildman–Crippen LogP) is 2.62. The van der Waals surface area contributed by atoms with E-state index in [4.69, 9.17) is 0 Å². The Balaban J connectivity index is 2.19. The van der Waals surface area contributed by atoms with Crippen LogP contribution < -0.4 is 10.2 Å². The van der Waals surface area contributed by atoms with Crippen LogP contribution in [0.1, 0.15) is 25.3 Å². The molecule has 0 radical (unpaired) electrons. The van der Waals surface area contributed by atoms with Crippen LogP contribution >= 0.6 is 15.9 Å². The molecular formula is C16H24BrN3O. The standard InChI is InChI=1S/C16H24BrN3O/c1-3-7-18-11-13-5-6-14(17)10-15(13)20-9-4-8-19(2)16(21)12-20/h5-6,10,18H,3-4,7-9,11-12H2,1-2H3. The average Bonchev–Trinajstić information content (AvgIpc) is 2.63. The second-order valence-corrected chi connectivity index (χ2v) is 6.46. The highest BCUT2D eigenvalue weighted by atomic mass is 79.9. The predicted molar refractivity (Wildman–Crippen MR) is 90.6 cm³/mol. The first-order chi connectivity index (χ1) is 10.1. The molecule has 4 nitrogen and oxygen atoms in total. The van der Waals surface area contributed by atoms with E-state index >= 15 is 0 Å². The molecule has 1 aliphatic rings. The molecule has 1 aromatic rings. The van der Waals surface area contributed by atoms with Gasteiger partial charge < -0.3 is 15.1 Å². The molecule has 21 heavy (non-hydrogen) atoms. The second kappa shape index (κ2) is 7.80. The van der Waals surface area contributed by atoms with Crippen LogP contribution in [0.25, 0.3) is 0 Å². The van der Waals surface area contributed by atoms with Gasteiger partial charge in [0.1, 0.15) is 0 Å². The van der Waals surface area contributed by atoms with Crippen LogP contribution in [0.5, 0.6) is 0 Å². The number of carbonyl (C=O) groups is 1. The smallest absolute Gasteiger partial charge is 0.241 e.